The molecule has 2 saturated heterocycles. The summed E-state index contributed by atoms with van der Waals surface area (Å²) in [5.74, 6) is 0.353. The predicted octanol–water partition coefficient (Wildman–Crippen LogP) is -0.0959. The van der Waals surface area contributed by atoms with Crippen molar-refractivity contribution in [2.24, 2.45) is 0 Å². The van der Waals surface area contributed by atoms with Crippen LogP contribution in [-0.4, -0.2) is 61.5 Å². The highest BCUT2D eigenvalue weighted by atomic mass is 16.2. The third-order valence-corrected chi connectivity index (χ3v) is 3.31. The highest BCUT2D eigenvalue weighted by molar-refractivity contribution is 5.76. The van der Waals surface area contributed by atoms with Gasteiger partial charge in [-0.05, 0) is 12.8 Å². The van der Waals surface area contributed by atoms with Gasteiger partial charge >= 0.3 is 0 Å². The molecule has 0 unspecified atom stereocenters. The quantitative estimate of drug-likeness (QED) is 0.708. The van der Waals surface area contributed by atoms with E-state index in [9.17, 15) is 4.79 Å². The van der Waals surface area contributed by atoms with E-state index in [0.29, 0.717) is 12.3 Å². The van der Waals surface area contributed by atoms with E-state index < -0.39 is 0 Å². The molecule has 2 heterocycles. The van der Waals surface area contributed by atoms with Gasteiger partial charge in [-0.25, -0.2) is 0 Å². The molecule has 2 rings (SSSR count). The number of rotatable bonds is 3. The fourth-order valence-electron chi connectivity index (χ4n) is 2.31. The van der Waals surface area contributed by atoms with Crippen LogP contribution < -0.4 is 5.32 Å². The maximum atomic E-state index is 11.8. The van der Waals surface area contributed by atoms with E-state index in [-0.39, 0.29) is 0 Å². The molecule has 0 aromatic rings. The largest absolute Gasteiger partial charge is 0.343 e. The smallest absolute Gasteiger partial charge is 0.223 e. The molecular formula is C11H21N3O. The topological polar surface area (TPSA) is 35.6 Å². The molecule has 2 aliphatic heterocycles. The molecule has 1 amide bonds. The van der Waals surface area contributed by atoms with Crippen molar-refractivity contribution >= 4 is 5.91 Å². The van der Waals surface area contributed by atoms with E-state index in [1.165, 1.54) is 12.8 Å². The van der Waals surface area contributed by atoms with Crippen LogP contribution in [0.15, 0.2) is 0 Å². The van der Waals surface area contributed by atoms with Gasteiger partial charge in [-0.3, -0.25) is 4.79 Å². The second kappa shape index (κ2) is 5.47. The molecule has 0 spiro atoms. The first-order chi connectivity index (χ1) is 7.36. The van der Waals surface area contributed by atoms with Crippen molar-refractivity contribution in [2.75, 3.05) is 45.8 Å². The van der Waals surface area contributed by atoms with Crippen molar-refractivity contribution in [2.45, 2.75) is 19.3 Å². The standard InChI is InChI=1S/C11H21N3O/c15-11(14-6-1-2-7-14)3-8-13-9-4-12-5-10-13/h12H,1-10H2. The molecule has 0 bridgehead atoms. The Morgan fingerprint density at radius 3 is 2.40 bits per heavy atom. The van der Waals surface area contributed by atoms with Crippen LogP contribution in [0.2, 0.25) is 0 Å². The molecule has 4 heteroatoms. The third-order valence-electron chi connectivity index (χ3n) is 3.31. The van der Waals surface area contributed by atoms with Gasteiger partial charge in [-0.15, -0.1) is 0 Å². The van der Waals surface area contributed by atoms with Gasteiger partial charge in [0.05, 0.1) is 0 Å². The maximum Gasteiger partial charge on any atom is 0.223 e. The molecule has 86 valence electrons. The van der Waals surface area contributed by atoms with Gasteiger partial charge in [0.1, 0.15) is 0 Å². The minimum atomic E-state index is 0.353. The molecular weight excluding hydrogens is 190 g/mol. The van der Waals surface area contributed by atoms with Crippen LogP contribution in [0, 0.1) is 0 Å². The Morgan fingerprint density at radius 1 is 1.07 bits per heavy atom. The number of carbonyl (C=O) groups excluding carboxylic acids is 1. The predicted molar refractivity (Wildman–Crippen MR) is 59.7 cm³/mol. The number of hydrogen-bond acceptors (Lipinski definition) is 3. The summed E-state index contributed by atoms with van der Waals surface area (Å²) in [7, 11) is 0. The Kier molecular flexibility index (Phi) is 3.97. The highest BCUT2D eigenvalue weighted by Gasteiger charge is 2.18. The number of hydrogen-bond donors (Lipinski definition) is 1. The zero-order chi connectivity index (χ0) is 10.5. The van der Waals surface area contributed by atoms with Crippen LogP contribution in [-0.2, 0) is 4.79 Å². The van der Waals surface area contributed by atoms with Gasteiger partial charge in [0.25, 0.3) is 0 Å². The molecule has 15 heavy (non-hydrogen) atoms. The van der Waals surface area contributed by atoms with Crippen molar-refractivity contribution in [3.8, 4) is 0 Å². The third kappa shape index (κ3) is 3.18. The summed E-state index contributed by atoms with van der Waals surface area (Å²) >= 11 is 0. The van der Waals surface area contributed by atoms with Crippen LogP contribution in [0.25, 0.3) is 0 Å². The Hall–Kier alpha value is -0.610. The van der Waals surface area contributed by atoms with Crippen molar-refractivity contribution in [3.05, 3.63) is 0 Å². The molecule has 0 atom stereocenters. The first-order valence-electron chi connectivity index (χ1n) is 6.07. The molecule has 0 aliphatic carbocycles. The van der Waals surface area contributed by atoms with E-state index >= 15 is 0 Å². The monoisotopic (exact) mass is 211 g/mol. The van der Waals surface area contributed by atoms with E-state index in [1.54, 1.807) is 0 Å². The van der Waals surface area contributed by atoms with Crippen LogP contribution in [0.4, 0.5) is 0 Å². The minimum absolute atomic E-state index is 0.353. The Labute approximate surface area is 91.6 Å². The van der Waals surface area contributed by atoms with Gasteiger partial charge in [0.15, 0.2) is 0 Å². The van der Waals surface area contributed by atoms with E-state index in [2.05, 4.69) is 10.2 Å². The summed E-state index contributed by atoms with van der Waals surface area (Å²) in [5.41, 5.74) is 0. The Morgan fingerprint density at radius 2 is 1.73 bits per heavy atom. The average molecular weight is 211 g/mol. The number of nitrogens with zero attached hydrogens (tertiary/aromatic N) is 2. The average Bonchev–Trinajstić information content (AvgIpc) is 2.81. The molecule has 0 aromatic carbocycles. The number of piperazine rings is 1. The lowest BCUT2D eigenvalue weighted by Crippen LogP contribution is -2.44. The number of nitrogens with one attached hydrogen (secondary N) is 1. The summed E-state index contributed by atoms with van der Waals surface area (Å²) < 4.78 is 0. The van der Waals surface area contributed by atoms with E-state index in [0.717, 1.165) is 45.8 Å². The normalized spacial score (nSPS) is 23.3. The summed E-state index contributed by atoms with van der Waals surface area (Å²) in [5, 5.41) is 3.32. The van der Waals surface area contributed by atoms with Crippen molar-refractivity contribution in [3.63, 3.8) is 0 Å². The fraction of sp³-hybridized carbons (Fsp3) is 0.909. The van der Waals surface area contributed by atoms with Crippen molar-refractivity contribution in [1.29, 1.82) is 0 Å². The Balaban J connectivity index is 1.65. The van der Waals surface area contributed by atoms with Gasteiger partial charge in [-0.1, -0.05) is 0 Å². The summed E-state index contributed by atoms with van der Waals surface area (Å²) in [6.07, 6.45) is 3.10. The SMILES string of the molecule is O=C(CCN1CCNCC1)N1CCCC1. The summed E-state index contributed by atoms with van der Waals surface area (Å²) in [6, 6.07) is 0. The van der Waals surface area contributed by atoms with E-state index in [1.807, 2.05) is 4.90 Å². The van der Waals surface area contributed by atoms with Gasteiger partial charge < -0.3 is 15.1 Å². The Bertz CT molecular complexity index is 208. The zero-order valence-corrected chi connectivity index (χ0v) is 9.37. The first-order valence-corrected chi connectivity index (χ1v) is 6.07. The molecule has 2 aliphatic rings. The minimum Gasteiger partial charge on any atom is -0.343 e. The van der Waals surface area contributed by atoms with Gasteiger partial charge in [0, 0.05) is 52.2 Å². The van der Waals surface area contributed by atoms with Crippen LogP contribution in [0.3, 0.4) is 0 Å². The van der Waals surface area contributed by atoms with E-state index in [4.69, 9.17) is 0 Å². The molecule has 0 radical (unpaired) electrons. The van der Waals surface area contributed by atoms with Crippen molar-refractivity contribution < 1.29 is 4.79 Å². The van der Waals surface area contributed by atoms with Gasteiger partial charge in [-0.2, -0.15) is 0 Å². The molecule has 2 fully saturated rings. The number of carbonyl (C=O) groups is 1. The first kappa shape index (κ1) is 10.9. The second-order valence-corrected chi connectivity index (χ2v) is 4.43. The zero-order valence-electron chi connectivity index (χ0n) is 9.37. The van der Waals surface area contributed by atoms with Gasteiger partial charge in [0.2, 0.25) is 5.91 Å². The summed E-state index contributed by atoms with van der Waals surface area (Å²) in [4.78, 5) is 16.2. The summed E-state index contributed by atoms with van der Waals surface area (Å²) in [6.45, 7) is 7.23. The number of likely N-dealkylation sites (tertiary alicyclic amines) is 1. The fourth-order valence-corrected chi connectivity index (χ4v) is 2.31. The molecule has 1 N–H and O–H groups in total. The molecule has 0 aromatic heterocycles. The lowest BCUT2D eigenvalue weighted by Gasteiger charge is -2.27. The van der Waals surface area contributed by atoms with Crippen LogP contribution in [0.1, 0.15) is 19.3 Å². The van der Waals surface area contributed by atoms with Crippen LogP contribution in [0.5, 0.6) is 0 Å². The maximum absolute atomic E-state index is 11.8. The highest BCUT2D eigenvalue weighted by Crippen LogP contribution is 2.09. The second-order valence-electron chi connectivity index (χ2n) is 4.43. The van der Waals surface area contributed by atoms with Crippen molar-refractivity contribution in [1.82, 2.24) is 15.1 Å². The number of amides is 1. The molecule has 0 saturated carbocycles. The lowest BCUT2D eigenvalue weighted by molar-refractivity contribution is -0.130. The van der Waals surface area contributed by atoms with Crippen LogP contribution >= 0.6 is 0 Å². The molecule has 4 nitrogen and oxygen atoms in total. The lowest BCUT2D eigenvalue weighted by atomic mass is 10.3.